The second-order valence-corrected chi connectivity index (χ2v) is 5.11. The summed E-state index contributed by atoms with van der Waals surface area (Å²) >= 11 is 0. The van der Waals surface area contributed by atoms with Gasteiger partial charge in [-0.05, 0) is 36.8 Å². The molecule has 5 nitrogen and oxygen atoms in total. The van der Waals surface area contributed by atoms with Crippen LogP contribution in [0, 0.1) is 6.92 Å². The SMILES string of the molecule is Cc1ccccc1C(=O)N1CCOc2cc(C(=O)O)ccc21. The van der Waals surface area contributed by atoms with Crippen molar-refractivity contribution in [1.82, 2.24) is 0 Å². The Morgan fingerprint density at radius 3 is 2.68 bits per heavy atom. The first-order chi connectivity index (χ1) is 10.6. The van der Waals surface area contributed by atoms with E-state index < -0.39 is 5.97 Å². The van der Waals surface area contributed by atoms with E-state index in [-0.39, 0.29) is 11.5 Å². The van der Waals surface area contributed by atoms with Gasteiger partial charge in [-0.3, -0.25) is 4.79 Å². The number of carboxylic acids is 1. The zero-order valence-electron chi connectivity index (χ0n) is 12.1. The van der Waals surface area contributed by atoms with Gasteiger partial charge in [-0.2, -0.15) is 0 Å². The van der Waals surface area contributed by atoms with Gasteiger partial charge < -0.3 is 14.7 Å². The zero-order chi connectivity index (χ0) is 15.7. The molecule has 0 unspecified atom stereocenters. The molecule has 1 aliphatic heterocycles. The zero-order valence-corrected chi connectivity index (χ0v) is 12.1. The molecule has 0 bridgehead atoms. The Morgan fingerprint density at radius 2 is 1.95 bits per heavy atom. The van der Waals surface area contributed by atoms with Crippen LogP contribution in [-0.4, -0.2) is 30.1 Å². The van der Waals surface area contributed by atoms with Gasteiger partial charge in [0.05, 0.1) is 17.8 Å². The van der Waals surface area contributed by atoms with Gasteiger partial charge in [-0.25, -0.2) is 4.79 Å². The van der Waals surface area contributed by atoms with Crippen LogP contribution in [0.25, 0.3) is 0 Å². The van der Waals surface area contributed by atoms with Crippen LogP contribution in [0.5, 0.6) is 5.75 Å². The molecule has 0 fully saturated rings. The normalized spacial score (nSPS) is 13.2. The summed E-state index contributed by atoms with van der Waals surface area (Å²) in [4.78, 5) is 25.4. The van der Waals surface area contributed by atoms with Gasteiger partial charge in [0, 0.05) is 5.56 Å². The van der Waals surface area contributed by atoms with Crippen LogP contribution < -0.4 is 9.64 Å². The molecule has 22 heavy (non-hydrogen) atoms. The van der Waals surface area contributed by atoms with Gasteiger partial charge in [-0.15, -0.1) is 0 Å². The molecule has 0 saturated heterocycles. The Kier molecular flexibility index (Phi) is 3.55. The van der Waals surface area contributed by atoms with Crippen molar-refractivity contribution < 1.29 is 19.4 Å². The van der Waals surface area contributed by atoms with Crippen LogP contribution in [0.3, 0.4) is 0 Å². The monoisotopic (exact) mass is 297 g/mol. The topological polar surface area (TPSA) is 66.8 Å². The molecule has 2 aromatic rings. The second kappa shape index (κ2) is 5.52. The molecular weight excluding hydrogens is 282 g/mol. The second-order valence-electron chi connectivity index (χ2n) is 5.11. The molecule has 0 radical (unpaired) electrons. The lowest BCUT2D eigenvalue weighted by atomic mass is 10.1. The van der Waals surface area contributed by atoms with Crippen LogP contribution >= 0.6 is 0 Å². The molecule has 112 valence electrons. The van der Waals surface area contributed by atoms with Gasteiger partial charge in [-0.1, -0.05) is 18.2 Å². The smallest absolute Gasteiger partial charge is 0.335 e. The lowest BCUT2D eigenvalue weighted by Crippen LogP contribution is -2.38. The largest absolute Gasteiger partial charge is 0.490 e. The lowest BCUT2D eigenvalue weighted by Gasteiger charge is -2.30. The first-order valence-electron chi connectivity index (χ1n) is 6.95. The van der Waals surface area contributed by atoms with Crippen molar-refractivity contribution in [3.05, 3.63) is 59.2 Å². The highest BCUT2D eigenvalue weighted by molar-refractivity contribution is 6.08. The Bertz CT molecular complexity index is 754. The van der Waals surface area contributed by atoms with Gasteiger partial charge >= 0.3 is 5.97 Å². The van der Waals surface area contributed by atoms with Crippen molar-refractivity contribution in [3.63, 3.8) is 0 Å². The highest BCUT2D eigenvalue weighted by Gasteiger charge is 2.26. The minimum atomic E-state index is -1.02. The third-order valence-electron chi connectivity index (χ3n) is 3.69. The summed E-state index contributed by atoms with van der Waals surface area (Å²) in [6, 6.07) is 11.9. The van der Waals surface area contributed by atoms with E-state index in [1.54, 1.807) is 17.0 Å². The number of fused-ring (bicyclic) bond motifs is 1. The number of anilines is 1. The number of carbonyl (C=O) groups is 2. The fourth-order valence-corrected chi connectivity index (χ4v) is 2.52. The lowest BCUT2D eigenvalue weighted by molar-refractivity contribution is 0.0696. The minimum absolute atomic E-state index is 0.106. The first-order valence-corrected chi connectivity index (χ1v) is 6.95. The Balaban J connectivity index is 2.00. The van der Waals surface area contributed by atoms with E-state index in [1.807, 2.05) is 25.1 Å². The summed E-state index contributed by atoms with van der Waals surface area (Å²) in [5.41, 5.74) is 2.29. The number of ether oxygens (including phenoxy) is 1. The molecule has 3 rings (SSSR count). The van der Waals surface area contributed by atoms with Gasteiger partial charge in [0.2, 0.25) is 0 Å². The number of nitrogens with zero attached hydrogens (tertiary/aromatic N) is 1. The van der Waals surface area contributed by atoms with E-state index >= 15 is 0 Å². The van der Waals surface area contributed by atoms with E-state index in [0.717, 1.165) is 5.56 Å². The number of hydrogen-bond acceptors (Lipinski definition) is 3. The number of rotatable bonds is 2. The van der Waals surface area contributed by atoms with Crippen LogP contribution in [0.4, 0.5) is 5.69 Å². The molecular formula is C17H15NO4. The third-order valence-corrected chi connectivity index (χ3v) is 3.69. The quantitative estimate of drug-likeness (QED) is 0.925. The number of benzene rings is 2. The number of carbonyl (C=O) groups excluding carboxylic acids is 1. The van der Waals surface area contributed by atoms with E-state index in [9.17, 15) is 9.59 Å². The number of amides is 1. The highest BCUT2D eigenvalue weighted by Crippen LogP contribution is 2.33. The standard InChI is InChI=1S/C17H15NO4/c1-11-4-2-3-5-13(11)16(19)18-8-9-22-15-10-12(17(20)21)6-7-14(15)18/h2-7,10H,8-9H2,1H3,(H,20,21). The Hall–Kier alpha value is -2.82. The van der Waals surface area contributed by atoms with E-state index in [1.165, 1.54) is 12.1 Å². The number of carboxylic acid groups (broad SMARTS) is 1. The molecule has 0 atom stereocenters. The average Bonchev–Trinajstić information content (AvgIpc) is 2.53. The Morgan fingerprint density at radius 1 is 1.18 bits per heavy atom. The molecule has 0 spiro atoms. The maximum Gasteiger partial charge on any atom is 0.335 e. The molecule has 1 heterocycles. The highest BCUT2D eigenvalue weighted by atomic mass is 16.5. The van der Waals surface area contributed by atoms with Crippen LogP contribution in [0.15, 0.2) is 42.5 Å². The average molecular weight is 297 g/mol. The number of aryl methyl sites for hydroxylation is 1. The third kappa shape index (κ3) is 2.41. The van der Waals surface area contributed by atoms with Crippen LogP contribution in [0.1, 0.15) is 26.3 Å². The van der Waals surface area contributed by atoms with Gasteiger partial charge in [0.15, 0.2) is 0 Å². The van der Waals surface area contributed by atoms with Crippen molar-refractivity contribution in [2.24, 2.45) is 0 Å². The molecule has 0 aliphatic carbocycles. The number of aromatic carboxylic acids is 1. The molecule has 1 amide bonds. The van der Waals surface area contributed by atoms with Crippen molar-refractivity contribution in [3.8, 4) is 5.75 Å². The summed E-state index contributed by atoms with van der Waals surface area (Å²) in [6.45, 7) is 2.67. The van der Waals surface area contributed by atoms with Gasteiger partial charge in [0.1, 0.15) is 12.4 Å². The van der Waals surface area contributed by atoms with Crippen molar-refractivity contribution in [1.29, 1.82) is 0 Å². The summed E-state index contributed by atoms with van der Waals surface area (Å²) < 4.78 is 5.50. The van der Waals surface area contributed by atoms with Crippen LogP contribution in [0.2, 0.25) is 0 Å². The van der Waals surface area contributed by atoms with E-state index in [4.69, 9.17) is 9.84 Å². The van der Waals surface area contributed by atoms with Crippen molar-refractivity contribution in [2.75, 3.05) is 18.1 Å². The van der Waals surface area contributed by atoms with Crippen molar-refractivity contribution in [2.45, 2.75) is 6.92 Å². The molecule has 2 aromatic carbocycles. The fourth-order valence-electron chi connectivity index (χ4n) is 2.52. The Labute approximate surface area is 127 Å². The molecule has 1 aliphatic rings. The number of hydrogen-bond donors (Lipinski definition) is 1. The summed E-state index contributed by atoms with van der Waals surface area (Å²) in [5.74, 6) is -0.701. The molecule has 0 aromatic heterocycles. The maximum absolute atomic E-state index is 12.8. The summed E-state index contributed by atoms with van der Waals surface area (Å²) in [6.07, 6.45) is 0. The first kappa shape index (κ1) is 14.1. The maximum atomic E-state index is 12.8. The molecule has 5 heteroatoms. The summed E-state index contributed by atoms with van der Waals surface area (Å²) in [5, 5.41) is 9.04. The predicted octanol–water partition coefficient (Wildman–Crippen LogP) is 2.73. The van der Waals surface area contributed by atoms with E-state index in [0.29, 0.717) is 30.2 Å². The fraction of sp³-hybridized carbons (Fsp3) is 0.176. The minimum Gasteiger partial charge on any atom is -0.490 e. The van der Waals surface area contributed by atoms with Crippen LogP contribution in [-0.2, 0) is 0 Å². The van der Waals surface area contributed by atoms with Gasteiger partial charge in [0.25, 0.3) is 5.91 Å². The van der Waals surface area contributed by atoms with E-state index in [2.05, 4.69) is 0 Å². The summed E-state index contributed by atoms with van der Waals surface area (Å²) in [7, 11) is 0. The molecule has 0 saturated carbocycles. The van der Waals surface area contributed by atoms with Crippen molar-refractivity contribution >= 4 is 17.6 Å². The predicted molar refractivity (Wildman–Crippen MR) is 81.8 cm³/mol. The molecule has 1 N–H and O–H groups in total.